The van der Waals surface area contributed by atoms with Gasteiger partial charge in [0.2, 0.25) is 0 Å². The summed E-state index contributed by atoms with van der Waals surface area (Å²) in [7, 11) is 0. The largest absolute Gasteiger partial charge is 0.398 e. The SMILES string of the molecule is Cc1cnc(N2CC(C)Cc3ccccc32)cc1N. The molecule has 3 rings (SSSR count). The zero-order chi connectivity index (χ0) is 13.4. The van der Waals surface area contributed by atoms with Crippen LogP contribution in [0.1, 0.15) is 18.1 Å². The lowest BCUT2D eigenvalue weighted by Crippen LogP contribution is -2.31. The second-order valence-electron chi connectivity index (χ2n) is 5.45. The van der Waals surface area contributed by atoms with Crippen molar-refractivity contribution in [1.82, 2.24) is 4.98 Å². The van der Waals surface area contributed by atoms with Gasteiger partial charge in [-0.3, -0.25) is 0 Å². The Morgan fingerprint density at radius 2 is 2.11 bits per heavy atom. The number of para-hydroxylation sites is 1. The molecule has 0 amide bonds. The topological polar surface area (TPSA) is 42.2 Å². The van der Waals surface area contributed by atoms with Gasteiger partial charge in [-0.05, 0) is 36.5 Å². The Bertz CT molecular complexity index is 607. The third kappa shape index (κ3) is 2.16. The molecule has 0 saturated heterocycles. The van der Waals surface area contributed by atoms with E-state index in [9.17, 15) is 0 Å². The number of nitrogens with zero attached hydrogens (tertiary/aromatic N) is 2. The van der Waals surface area contributed by atoms with Gasteiger partial charge in [-0.25, -0.2) is 4.98 Å². The number of benzene rings is 1. The molecular weight excluding hydrogens is 234 g/mol. The van der Waals surface area contributed by atoms with E-state index in [1.165, 1.54) is 11.3 Å². The minimum Gasteiger partial charge on any atom is -0.398 e. The molecule has 0 spiro atoms. The second-order valence-corrected chi connectivity index (χ2v) is 5.45. The maximum Gasteiger partial charge on any atom is 0.135 e. The number of nitrogens with two attached hydrogens (primary N) is 1. The molecule has 1 unspecified atom stereocenters. The molecule has 1 aliphatic rings. The van der Waals surface area contributed by atoms with Gasteiger partial charge in [-0.1, -0.05) is 25.1 Å². The van der Waals surface area contributed by atoms with E-state index >= 15 is 0 Å². The first-order valence-corrected chi connectivity index (χ1v) is 6.72. The fraction of sp³-hybridized carbons (Fsp3) is 0.312. The predicted octanol–water partition coefficient (Wildman–Crippen LogP) is 3.30. The summed E-state index contributed by atoms with van der Waals surface area (Å²) in [5, 5.41) is 0. The summed E-state index contributed by atoms with van der Waals surface area (Å²) in [6.45, 7) is 5.26. The summed E-state index contributed by atoms with van der Waals surface area (Å²) >= 11 is 0. The third-order valence-electron chi connectivity index (χ3n) is 3.75. The van der Waals surface area contributed by atoms with Gasteiger partial charge in [0.25, 0.3) is 0 Å². The molecule has 98 valence electrons. The minimum absolute atomic E-state index is 0.624. The Hall–Kier alpha value is -2.03. The lowest BCUT2D eigenvalue weighted by Gasteiger charge is -2.34. The zero-order valence-corrected chi connectivity index (χ0v) is 11.4. The number of pyridine rings is 1. The predicted molar refractivity (Wildman–Crippen MR) is 79.7 cm³/mol. The van der Waals surface area contributed by atoms with E-state index in [0.717, 1.165) is 30.0 Å². The van der Waals surface area contributed by atoms with Gasteiger partial charge in [-0.2, -0.15) is 0 Å². The number of hydrogen-bond acceptors (Lipinski definition) is 3. The molecule has 1 aromatic heterocycles. The Balaban J connectivity index is 2.07. The summed E-state index contributed by atoms with van der Waals surface area (Å²) < 4.78 is 0. The molecule has 19 heavy (non-hydrogen) atoms. The van der Waals surface area contributed by atoms with Crippen molar-refractivity contribution in [2.45, 2.75) is 20.3 Å². The summed E-state index contributed by atoms with van der Waals surface area (Å²) in [6, 6.07) is 10.5. The maximum absolute atomic E-state index is 6.02. The minimum atomic E-state index is 0.624. The number of aryl methyl sites for hydroxylation is 1. The van der Waals surface area contributed by atoms with Crippen molar-refractivity contribution >= 4 is 17.2 Å². The Kier molecular flexibility index (Phi) is 2.90. The van der Waals surface area contributed by atoms with E-state index in [-0.39, 0.29) is 0 Å². The summed E-state index contributed by atoms with van der Waals surface area (Å²) in [5.41, 5.74) is 10.5. The van der Waals surface area contributed by atoms with Gasteiger partial charge in [0.1, 0.15) is 5.82 Å². The highest BCUT2D eigenvalue weighted by molar-refractivity contribution is 5.68. The maximum atomic E-state index is 6.02. The Morgan fingerprint density at radius 3 is 2.89 bits per heavy atom. The number of hydrogen-bond donors (Lipinski definition) is 1. The van der Waals surface area contributed by atoms with Crippen LogP contribution in [0.2, 0.25) is 0 Å². The van der Waals surface area contributed by atoms with Crippen LogP contribution >= 0.6 is 0 Å². The van der Waals surface area contributed by atoms with Gasteiger partial charge < -0.3 is 10.6 Å². The van der Waals surface area contributed by atoms with Gasteiger partial charge in [-0.15, -0.1) is 0 Å². The van der Waals surface area contributed by atoms with Crippen LogP contribution in [0.3, 0.4) is 0 Å². The zero-order valence-electron chi connectivity index (χ0n) is 11.4. The first kappa shape index (κ1) is 12.0. The fourth-order valence-electron chi connectivity index (χ4n) is 2.69. The highest BCUT2D eigenvalue weighted by atomic mass is 15.2. The highest BCUT2D eigenvalue weighted by Crippen LogP contribution is 2.34. The van der Waals surface area contributed by atoms with Crippen molar-refractivity contribution in [1.29, 1.82) is 0 Å². The second kappa shape index (κ2) is 4.57. The van der Waals surface area contributed by atoms with Crippen molar-refractivity contribution in [3.63, 3.8) is 0 Å². The first-order chi connectivity index (χ1) is 9.15. The van der Waals surface area contributed by atoms with Crippen LogP contribution in [-0.2, 0) is 6.42 Å². The van der Waals surface area contributed by atoms with Gasteiger partial charge >= 0.3 is 0 Å². The number of aromatic nitrogens is 1. The van der Waals surface area contributed by atoms with E-state index in [4.69, 9.17) is 5.73 Å². The van der Waals surface area contributed by atoms with Crippen LogP contribution in [0.4, 0.5) is 17.2 Å². The number of anilines is 3. The monoisotopic (exact) mass is 253 g/mol. The van der Waals surface area contributed by atoms with Crippen molar-refractivity contribution < 1.29 is 0 Å². The summed E-state index contributed by atoms with van der Waals surface area (Å²) in [4.78, 5) is 6.82. The summed E-state index contributed by atoms with van der Waals surface area (Å²) in [5.74, 6) is 1.57. The van der Waals surface area contributed by atoms with Crippen LogP contribution < -0.4 is 10.6 Å². The quantitative estimate of drug-likeness (QED) is 0.848. The van der Waals surface area contributed by atoms with E-state index < -0.39 is 0 Å². The molecule has 0 bridgehead atoms. The number of nitrogen functional groups attached to an aromatic ring is 1. The molecule has 0 fully saturated rings. The van der Waals surface area contributed by atoms with Crippen LogP contribution in [0.5, 0.6) is 0 Å². The molecule has 2 heterocycles. The first-order valence-electron chi connectivity index (χ1n) is 6.72. The highest BCUT2D eigenvalue weighted by Gasteiger charge is 2.23. The van der Waals surface area contributed by atoms with Crippen molar-refractivity contribution in [3.05, 3.63) is 47.7 Å². The van der Waals surface area contributed by atoms with Crippen molar-refractivity contribution in [2.24, 2.45) is 5.92 Å². The van der Waals surface area contributed by atoms with Gasteiger partial charge in [0, 0.05) is 30.2 Å². The summed E-state index contributed by atoms with van der Waals surface area (Å²) in [6.07, 6.45) is 2.99. The molecule has 2 aromatic rings. The Morgan fingerprint density at radius 1 is 1.32 bits per heavy atom. The van der Waals surface area contributed by atoms with E-state index in [0.29, 0.717) is 5.92 Å². The van der Waals surface area contributed by atoms with E-state index in [2.05, 4.69) is 41.1 Å². The number of rotatable bonds is 1. The average molecular weight is 253 g/mol. The molecule has 3 nitrogen and oxygen atoms in total. The van der Waals surface area contributed by atoms with Gasteiger partial charge in [0.05, 0.1) is 0 Å². The molecular formula is C16H19N3. The molecule has 1 aliphatic heterocycles. The molecule has 1 atom stereocenters. The van der Waals surface area contributed by atoms with Crippen LogP contribution in [0.25, 0.3) is 0 Å². The Labute approximate surface area is 114 Å². The lowest BCUT2D eigenvalue weighted by molar-refractivity contribution is 0.560. The van der Waals surface area contributed by atoms with E-state index in [1.807, 2.05) is 19.2 Å². The molecule has 3 heteroatoms. The lowest BCUT2D eigenvalue weighted by atomic mass is 9.94. The van der Waals surface area contributed by atoms with Crippen LogP contribution in [0.15, 0.2) is 36.5 Å². The molecule has 0 radical (unpaired) electrons. The van der Waals surface area contributed by atoms with Crippen molar-refractivity contribution in [2.75, 3.05) is 17.2 Å². The number of fused-ring (bicyclic) bond motifs is 1. The van der Waals surface area contributed by atoms with Crippen LogP contribution in [0, 0.1) is 12.8 Å². The molecule has 2 N–H and O–H groups in total. The van der Waals surface area contributed by atoms with Crippen molar-refractivity contribution in [3.8, 4) is 0 Å². The van der Waals surface area contributed by atoms with Crippen LogP contribution in [-0.4, -0.2) is 11.5 Å². The van der Waals surface area contributed by atoms with Gasteiger partial charge in [0.15, 0.2) is 0 Å². The normalized spacial score (nSPS) is 18.2. The smallest absolute Gasteiger partial charge is 0.135 e. The third-order valence-corrected chi connectivity index (χ3v) is 3.75. The molecule has 0 aliphatic carbocycles. The molecule has 0 saturated carbocycles. The molecule has 1 aromatic carbocycles. The standard InChI is InChI=1S/C16H19N3/c1-11-7-13-5-3-4-6-15(13)19(10-11)16-8-14(17)12(2)9-18-16/h3-6,8-9,11H,7,10H2,1-2H3,(H2,17,18). The van der Waals surface area contributed by atoms with E-state index in [1.54, 1.807) is 0 Å². The average Bonchev–Trinajstić information content (AvgIpc) is 2.41. The fourth-order valence-corrected chi connectivity index (χ4v) is 2.69.